The lowest BCUT2D eigenvalue weighted by atomic mass is 9.87. The van der Waals surface area contributed by atoms with E-state index in [1.807, 2.05) is 0 Å². The van der Waals surface area contributed by atoms with Crippen molar-refractivity contribution in [1.29, 1.82) is 0 Å². The van der Waals surface area contributed by atoms with E-state index in [4.69, 9.17) is 14.3 Å². The number of halogens is 1. The summed E-state index contributed by atoms with van der Waals surface area (Å²) >= 11 is 3.49. The number of ether oxygens (including phenoxy) is 1. The zero-order valence-corrected chi connectivity index (χ0v) is 15.2. The van der Waals surface area contributed by atoms with Crippen molar-refractivity contribution in [3.8, 4) is 0 Å². The van der Waals surface area contributed by atoms with Crippen molar-refractivity contribution in [1.82, 2.24) is 4.98 Å². The van der Waals surface area contributed by atoms with Gasteiger partial charge in [-0.3, -0.25) is 4.79 Å². The van der Waals surface area contributed by atoms with Crippen molar-refractivity contribution >= 4 is 27.9 Å². The summed E-state index contributed by atoms with van der Waals surface area (Å²) < 4.78 is 9.63. The lowest BCUT2D eigenvalue weighted by Gasteiger charge is -2.21. The Morgan fingerprint density at radius 1 is 1.48 bits per heavy atom. The number of aromatic nitrogens is 1. The van der Waals surface area contributed by atoms with E-state index in [0.29, 0.717) is 31.0 Å². The molecule has 7 heteroatoms. The second kappa shape index (κ2) is 6.63. The first-order valence-corrected chi connectivity index (χ1v) is 8.55. The predicted molar refractivity (Wildman–Crippen MR) is 86.2 cm³/mol. The van der Waals surface area contributed by atoms with Crippen molar-refractivity contribution in [3.63, 3.8) is 0 Å². The number of rotatable bonds is 8. The molecule has 1 aromatic heterocycles. The molecule has 0 aromatic carbocycles. The van der Waals surface area contributed by atoms with Gasteiger partial charge in [-0.25, -0.2) is 9.78 Å². The Morgan fingerprint density at radius 3 is 2.65 bits per heavy atom. The van der Waals surface area contributed by atoms with Gasteiger partial charge in [0, 0.05) is 0 Å². The van der Waals surface area contributed by atoms with Gasteiger partial charge in [0.15, 0.2) is 0 Å². The van der Waals surface area contributed by atoms with E-state index < -0.39 is 15.7 Å². The number of hydrogen-bond acceptors (Lipinski definition) is 5. The second-order valence-corrected chi connectivity index (χ2v) is 7.79. The summed E-state index contributed by atoms with van der Waals surface area (Å²) in [6, 6.07) is 0. The molecule has 1 fully saturated rings. The van der Waals surface area contributed by atoms with Gasteiger partial charge in [-0.2, -0.15) is 0 Å². The van der Waals surface area contributed by atoms with Gasteiger partial charge in [0.25, 0.3) is 0 Å². The van der Waals surface area contributed by atoms with E-state index in [1.54, 1.807) is 20.8 Å². The minimum Gasteiger partial charge on any atom is -0.481 e. The molecule has 1 N–H and O–H groups in total. The van der Waals surface area contributed by atoms with Crippen LogP contribution in [0.2, 0.25) is 0 Å². The van der Waals surface area contributed by atoms with E-state index in [2.05, 4.69) is 20.9 Å². The molecule has 0 amide bonds. The number of carbonyl (C=O) groups is 2. The first kappa shape index (κ1) is 18.0. The van der Waals surface area contributed by atoms with Crippen LogP contribution in [-0.2, 0) is 25.1 Å². The first-order valence-electron chi connectivity index (χ1n) is 7.76. The average molecular weight is 388 g/mol. The van der Waals surface area contributed by atoms with E-state index in [1.165, 1.54) is 6.26 Å². The highest BCUT2D eigenvalue weighted by molar-refractivity contribution is 9.10. The summed E-state index contributed by atoms with van der Waals surface area (Å²) in [7, 11) is 0. The van der Waals surface area contributed by atoms with E-state index in [0.717, 1.165) is 12.8 Å². The van der Waals surface area contributed by atoms with Crippen LogP contribution in [0.1, 0.15) is 51.6 Å². The van der Waals surface area contributed by atoms with E-state index in [9.17, 15) is 9.59 Å². The Bertz CT molecular complexity index is 593. The lowest BCUT2D eigenvalue weighted by molar-refractivity contribution is -0.148. The second-order valence-electron chi connectivity index (χ2n) is 6.54. The van der Waals surface area contributed by atoms with E-state index >= 15 is 0 Å². The molecule has 2 rings (SSSR count). The molecule has 0 radical (unpaired) electrons. The average Bonchev–Trinajstić information content (AvgIpc) is 3.23. The van der Waals surface area contributed by atoms with Crippen molar-refractivity contribution in [2.45, 2.75) is 50.8 Å². The number of hydrogen-bond donors (Lipinski definition) is 1. The number of carboxylic acids is 1. The number of esters is 1. The Morgan fingerprint density at radius 2 is 2.13 bits per heavy atom. The zero-order chi connectivity index (χ0) is 17.3. The number of nitrogens with zero attached hydrogens (tertiary/aromatic N) is 1. The van der Waals surface area contributed by atoms with Crippen LogP contribution in [0.5, 0.6) is 0 Å². The predicted octanol–water partition coefficient (Wildman–Crippen LogP) is 3.28. The Balaban J connectivity index is 2.13. The molecule has 0 aliphatic heterocycles. The van der Waals surface area contributed by atoms with Crippen LogP contribution in [0, 0.1) is 11.3 Å². The third-order valence-electron chi connectivity index (χ3n) is 4.16. The molecule has 1 aliphatic carbocycles. The molecule has 128 valence electrons. The topological polar surface area (TPSA) is 89.6 Å². The van der Waals surface area contributed by atoms with Crippen LogP contribution in [0.25, 0.3) is 0 Å². The number of carbonyl (C=O) groups excluding carboxylic acids is 1. The van der Waals surface area contributed by atoms with Crippen LogP contribution in [-0.4, -0.2) is 28.6 Å². The number of aryl methyl sites for hydroxylation is 1. The Hall–Kier alpha value is -1.37. The molecule has 1 unspecified atom stereocenters. The van der Waals surface area contributed by atoms with Gasteiger partial charge in [-0.1, -0.05) is 15.9 Å². The van der Waals surface area contributed by atoms with Gasteiger partial charge in [0.1, 0.15) is 6.26 Å². The number of oxazole rings is 1. The molecule has 1 aromatic rings. The zero-order valence-electron chi connectivity index (χ0n) is 13.6. The third-order valence-corrected chi connectivity index (χ3v) is 5.47. The summed E-state index contributed by atoms with van der Waals surface area (Å²) in [6.45, 7) is 5.40. The summed E-state index contributed by atoms with van der Waals surface area (Å²) in [4.78, 5) is 27.9. The summed E-state index contributed by atoms with van der Waals surface area (Å²) in [5, 5.41) is 9.15. The van der Waals surface area contributed by atoms with Gasteiger partial charge in [-0.05, 0) is 52.4 Å². The molecule has 0 saturated heterocycles. The molecule has 0 spiro atoms. The highest BCUT2D eigenvalue weighted by Gasteiger charge is 2.55. The maximum Gasteiger partial charge on any atom is 0.332 e. The Kier molecular flexibility index (Phi) is 5.18. The Labute approximate surface area is 143 Å². The van der Waals surface area contributed by atoms with Gasteiger partial charge in [0.2, 0.25) is 10.2 Å². The fraction of sp³-hybridized carbons (Fsp3) is 0.688. The minimum absolute atomic E-state index is 0.114. The normalized spacial score (nSPS) is 17.6. The maximum absolute atomic E-state index is 12.3. The van der Waals surface area contributed by atoms with Gasteiger partial charge in [-0.15, -0.1) is 0 Å². The smallest absolute Gasteiger partial charge is 0.332 e. The fourth-order valence-electron chi connectivity index (χ4n) is 2.28. The standard InChI is InChI=1S/C16H22BrNO5/c1-4-22-14(21)16(17,10-5-6-10)12-18-11(9-23-12)7-8-15(2,3)13(19)20/h9-10H,4-8H2,1-3H3,(H,19,20). The largest absolute Gasteiger partial charge is 0.481 e. The van der Waals surface area contributed by atoms with Gasteiger partial charge in [0.05, 0.1) is 17.7 Å². The molecule has 6 nitrogen and oxygen atoms in total. The van der Waals surface area contributed by atoms with Crippen LogP contribution >= 0.6 is 15.9 Å². The molecule has 1 heterocycles. The molecular weight excluding hydrogens is 366 g/mol. The van der Waals surface area contributed by atoms with Gasteiger partial charge >= 0.3 is 11.9 Å². The summed E-state index contributed by atoms with van der Waals surface area (Å²) in [6.07, 6.45) is 4.22. The van der Waals surface area contributed by atoms with Crippen molar-refractivity contribution < 1.29 is 23.8 Å². The number of alkyl halides is 1. The van der Waals surface area contributed by atoms with Crippen molar-refractivity contribution in [2.75, 3.05) is 6.61 Å². The number of aliphatic carboxylic acids is 1. The van der Waals surface area contributed by atoms with Crippen LogP contribution in [0.15, 0.2) is 10.7 Å². The molecule has 0 bridgehead atoms. The third kappa shape index (κ3) is 3.76. The fourth-order valence-corrected chi connectivity index (χ4v) is 3.04. The maximum atomic E-state index is 12.3. The number of carboxylic acid groups (broad SMARTS) is 1. The van der Waals surface area contributed by atoms with Gasteiger partial charge < -0.3 is 14.3 Å². The molecular formula is C16H22BrNO5. The monoisotopic (exact) mass is 387 g/mol. The summed E-state index contributed by atoms with van der Waals surface area (Å²) in [5.74, 6) is -0.826. The molecule has 1 atom stereocenters. The summed E-state index contributed by atoms with van der Waals surface area (Å²) in [5.41, 5.74) is -0.189. The molecule has 23 heavy (non-hydrogen) atoms. The van der Waals surface area contributed by atoms with E-state index in [-0.39, 0.29) is 11.9 Å². The molecule has 1 saturated carbocycles. The van der Waals surface area contributed by atoms with Crippen LogP contribution in [0.4, 0.5) is 0 Å². The first-order chi connectivity index (χ1) is 10.7. The minimum atomic E-state index is -1.04. The molecule has 1 aliphatic rings. The highest BCUT2D eigenvalue weighted by atomic mass is 79.9. The van der Waals surface area contributed by atoms with Crippen molar-refractivity contribution in [2.24, 2.45) is 11.3 Å². The van der Waals surface area contributed by atoms with Crippen molar-refractivity contribution in [3.05, 3.63) is 17.8 Å². The van der Waals surface area contributed by atoms with Crippen LogP contribution in [0.3, 0.4) is 0 Å². The SMILES string of the molecule is CCOC(=O)C(Br)(c1nc(CCC(C)(C)C(=O)O)co1)C1CC1. The quantitative estimate of drug-likeness (QED) is 0.543. The van der Waals surface area contributed by atoms with Crippen LogP contribution < -0.4 is 0 Å². The highest BCUT2D eigenvalue weighted by Crippen LogP contribution is 2.52. The lowest BCUT2D eigenvalue weighted by Crippen LogP contribution is -2.34.